The van der Waals surface area contributed by atoms with Crippen LogP contribution in [0.2, 0.25) is 0 Å². The Balaban J connectivity index is 0. The van der Waals surface area contributed by atoms with E-state index in [0.29, 0.717) is 0 Å². The lowest BCUT2D eigenvalue weighted by Gasteiger charge is -2.13. The molecular weight excluding hydrogens is 144 g/mol. The van der Waals surface area contributed by atoms with Gasteiger partial charge in [-0.3, -0.25) is 0 Å². The predicted molar refractivity (Wildman–Crippen MR) is 59.4 cm³/mol. The van der Waals surface area contributed by atoms with E-state index in [1.54, 1.807) is 0 Å². The fourth-order valence-electron chi connectivity index (χ4n) is 2.09. The Morgan fingerprint density at radius 2 is 1.75 bits per heavy atom. The third kappa shape index (κ3) is 3.60. The van der Waals surface area contributed by atoms with Gasteiger partial charge in [0.25, 0.3) is 0 Å². The largest absolute Gasteiger partial charge is 0.0776 e. The molecule has 0 nitrogen and oxygen atoms in total. The van der Waals surface area contributed by atoms with Gasteiger partial charge in [0, 0.05) is 0 Å². The zero-order valence-electron chi connectivity index (χ0n) is 7.56. The van der Waals surface area contributed by atoms with Crippen LogP contribution in [0.4, 0.5) is 0 Å². The molecule has 76 valence electrons. The fraction of sp³-hybridized carbons (Fsp3) is 1.00. The molecule has 0 aromatic rings. The van der Waals surface area contributed by atoms with E-state index in [2.05, 4.69) is 20.8 Å². The van der Waals surface area contributed by atoms with Gasteiger partial charge in [0.1, 0.15) is 0 Å². The van der Waals surface area contributed by atoms with Crippen molar-refractivity contribution >= 4 is 0 Å². The SMILES string of the molecule is C.C.CCC1CCC(C(C)C)C1. The summed E-state index contributed by atoms with van der Waals surface area (Å²) in [4.78, 5) is 0. The van der Waals surface area contributed by atoms with Crippen molar-refractivity contribution in [3.63, 3.8) is 0 Å². The Morgan fingerprint density at radius 1 is 1.17 bits per heavy atom. The summed E-state index contributed by atoms with van der Waals surface area (Å²) in [6.07, 6.45) is 5.91. The van der Waals surface area contributed by atoms with Crippen molar-refractivity contribution in [2.24, 2.45) is 17.8 Å². The van der Waals surface area contributed by atoms with E-state index in [1.807, 2.05) is 0 Å². The van der Waals surface area contributed by atoms with Gasteiger partial charge >= 0.3 is 0 Å². The Bertz CT molecular complexity index is 94.2. The van der Waals surface area contributed by atoms with Crippen molar-refractivity contribution in [1.29, 1.82) is 0 Å². The molecule has 0 aliphatic heterocycles. The molecule has 0 aromatic heterocycles. The van der Waals surface area contributed by atoms with Crippen LogP contribution < -0.4 is 0 Å². The summed E-state index contributed by atoms with van der Waals surface area (Å²) in [5.41, 5.74) is 0. The summed E-state index contributed by atoms with van der Waals surface area (Å²) >= 11 is 0. The summed E-state index contributed by atoms with van der Waals surface area (Å²) < 4.78 is 0. The summed E-state index contributed by atoms with van der Waals surface area (Å²) in [6.45, 7) is 7.05. The van der Waals surface area contributed by atoms with Gasteiger partial charge in [0.05, 0.1) is 0 Å². The molecule has 1 saturated carbocycles. The monoisotopic (exact) mass is 172 g/mol. The molecule has 0 heteroatoms. The molecule has 1 rings (SSSR count). The molecule has 0 bridgehead atoms. The molecule has 0 saturated heterocycles. The van der Waals surface area contributed by atoms with Gasteiger partial charge in [-0.15, -0.1) is 0 Å². The number of hydrogen-bond acceptors (Lipinski definition) is 0. The van der Waals surface area contributed by atoms with E-state index in [9.17, 15) is 0 Å². The first-order chi connectivity index (χ1) is 4.74. The van der Waals surface area contributed by atoms with Crippen molar-refractivity contribution in [3.8, 4) is 0 Å². The molecule has 0 N–H and O–H groups in total. The van der Waals surface area contributed by atoms with Gasteiger partial charge in [-0.05, 0) is 30.6 Å². The average molecular weight is 172 g/mol. The lowest BCUT2D eigenvalue weighted by Crippen LogP contribution is -2.03. The van der Waals surface area contributed by atoms with Crippen LogP contribution in [-0.2, 0) is 0 Å². The van der Waals surface area contributed by atoms with Crippen LogP contribution in [-0.4, -0.2) is 0 Å². The molecule has 0 spiro atoms. The van der Waals surface area contributed by atoms with Crippen LogP contribution in [0.15, 0.2) is 0 Å². The molecule has 0 radical (unpaired) electrons. The lowest BCUT2D eigenvalue weighted by molar-refractivity contribution is 0.376. The minimum atomic E-state index is 0. The van der Waals surface area contributed by atoms with Crippen molar-refractivity contribution in [2.75, 3.05) is 0 Å². The van der Waals surface area contributed by atoms with Gasteiger partial charge in [0.15, 0.2) is 0 Å². The predicted octanol–water partition coefficient (Wildman–Crippen LogP) is 4.74. The summed E-state index contributed by atoms with van der Waals surface area (Å²) in [6, 6.07) is 0. The Kier molecular flexibility index (Phi) is 7.88. The van der Waals surface area contributed by atoms with Gasteiger partial charge in [-0.2, -0.15) is 0 Å². The van der Waals surface area contributed by atoms with Gasteiger partial charge in [-0.25, -0.2) is 0 Å². The quantitative estimate of drug-likeness (QED) is 0.564. The molecule has 2 unspecified atom stereocenters. The molecule has 1 aliphatic carbocycles. The molecule has 12 heavy (non-hydrogen) atoms. The highest BCUT2D eigenvalue weighted by molar-refractivity contribution is 4.76. The number of hydrogen-bond donors (Lipinski definition) is 0. The molecule has 1 fully saturated rings. The lowest BCUT2D eigenvalue weighted by atomic mass is 9.93. The van der Waals surface area contributed by atoms with Crippen LogP contribution in [0.1, 0.15) is 61.3 Å². The first-order valence-corrected chi connectivity index (χ1v) is 4.74. The summed E-state index contributed by atoms with van der Waals surface area (Å²) in [5.74, 6) is 3.04. The van der Waals surface area contributed by atoms with Crippen LogP contribution in [0.3, 0.4) is 0 Å². The van der Waals surface area contributed by atoms with E-state index in [1.165, 1.54) is 25.7 Å². The zero-order chi connectivity index (χ0) is 7.56. The van der Waals surface area contributed by atoms with Gasteiger partial charge in [0.2, 0.25) is 0 Å². The highest BCUT2D eigenvalue weighted by Crippen LogP contribution is 2.36. The van der Waals surface area contributed by atoms with Gasteiger partial charge < -0.3 is 0 Å². The second-order valence-electron chi connectivity index (χ2n) is 4.09. The maximum Gasteiger partial charge on any atom is -0.0388 e. The molecule has 0 amide bonds. The van der Waals surface area contributed by atoms with Crippen molar-refractivity contribution in [2.45, 2.75) is 61.3 Å². The van der Waals surface area contributed by atoms with E-state index < -0.39 is 0 Å². The Morgan fingerprint density at radius 3 is 2.00 bits per heavy atom. The van der Waals surface area contributed by atoms with Crippen LogP contribution in [0, 0.1) is 17.8 Å². The third-order valence-electron chi connectivity index (χ3n) is 3.10. The molecule has 0 aromatic carbocycles. The highest BCUT2D eigenvalue weighted by atomic mass is 14.3. The van der Waals surface area contributed by atoms with Crippen LogP contribution >= 0.6 is 0 Å². The van der Waals surface area contributed by atoms with Crippen LogP contribution in [0.5, 0.6) is 0 Å². The fourth-order valence-corrected chi connectivity index (χ4v) is 2.09. The normalized spacial score (nSPS) is 28.0. The summed E-state index contributed by atoms with van der Waals surface area (Å²) in [5, 5.41) is 0. The smallest absolute Gasteiger partial charge is 0.0388 e. The maximum atomic E-state index is 2.36. The second-order valence-corrected chi connectivity index (χ2v) is 4.09. The third-order valence-corrected chi connectivity index (χ3v) is 3.10. The first-order valence-electron chi connectivity index (χ1n) is 4.74. The van der Waals surface area contributed by atoms with Gasteiger partial charge in [-0.1, -0.05) is 48.5 Å². The van der Waals surface area contributed by atoms with Crippen molar-refractivity contribution in [3.05, 3.63) is 0 Å². The number of rotatable bonds is 2. The van der Waals surface area contributed by atoms with Crippen LogP contribution in [0.25, 0.3) is 0 Å². The average Bonchev–Trinajstić information content (AvgIpc) is 2.34. The molecule has 2 atom stereocenters. The zero-order valence-corrected chi connectivity index (χ0v) is 7.56. The topological polar surface area (TPSA) is 0 Å². The minimum Gasteiger partial charge on any atom is -0.0776 e. The van der Waals surface area contributed by atoms with E-state index in [-0.39, 0.29) is 14.9 Å². The van der Waals surface area contributed by atoms with E-state index in [0.717, 1.165) is 17.8 Å². The second kappa shape index (κ2) is 6.51. The molecule has 1 aliphatic rings. The summed E-state index contributed by atoms with van der Waals surface area (Å²) in [7, 11) is 0. The molecule has 0 heterocycles. The van der Waals surface area contributed by atoms with E-state index >= 15 is 0 Å². The Hall–Kier alpha value is 0. The maximum absolute atomic E-state index is 2.36. The van der Waals surface area contributed by atoms with Crippen molar-refractivity contribution in [1.82, 2.24) is 0 Å². The highest BCUT2D eigenvalue weighted by Gasteiger charge is 2.24. The molecular formula is C12H28. The van der Waals surface area contributed by atoms with E-state index in [4.69, 9.17) is 0 Å². The first kappa shape index (κ1) is 14.5. The minimum absolute atomic E-state index is 0. The standard InChI is InChI=1S/C10H20.2CH4/c1-4-9-5-6-10(7-9)8(2)3;;/h8-10H,4-7H2,1-3H3;2*1H4. The van der Waals surface area contributed by atoms with Crippen molar-refractivity contribution < 1.29 is 0 Å². The Labute approximate surface area is 79.8 Å².